The standard InChI is InChI=1S/C22H20N4O6S/c27-22(31-13-3-6-20-25-21(26-32-20)17-4-1-11-23-14-17)16-7-9-19(10-8-16)33(28,29)24-15-18-5-2-12-30-18/h1-2,4-5,7-12,14,24H,3,6,13,15H2. The zero-order valence-corrected chi connectivity index (χ0v) is 18.2. The molecule has 0 saturated heterocycles. The topological polar surface area (TPSA) is 137 Å². The van der Waals surface area contributed by atoms with Crippen LogP contribution < -0.4 is 4.72 Å². The third kappa shape index (κ3) is 5.90. The molecule has 0 aliphatic heterocycles. The predicted molar refractivity (Wildman–Crippen MR) is 115 cm³/mol. The van der Waals surface area contributed by atoms with Crippen molar-refractivity contribution < 1.29 is 26.9 Å². The zero-order valence-electron chi connectivity index (χ0n) is 17.4. The van der Waals surface area contributed by atoms with E-state index in [1.807, 2.05) is 6.07 Å². The summed E-state index contributed by atoms with van der Waals surface area (Å²) in [6.45, 7) is 0.178. The van der Waals surface area contributed by atoms with Gasteiger partial charge in [0.25, 0.3) is 0 Å². The molecule has 0 spiro atoms. The second kappa shape index (κ2) is 10.2. The highest BCUT2D eigenvalue weighted by Gasteiger charge is 2.16. The molecule has 170 valence electrons. The Kier molecular flexibility index (Phi) is 6.91. The SMILES string of the molecule is O=C(OCCCc1nc(-c2cccnc2)no1)c1ccc(S(=O)(=O)NCc2ccco2)cc1. The molecule has 33 heavy (non-hydrogen) atoms. The van der Waals surface area contributed by atoms with E-state index in [9.17, 15) is 13.2 Å². The number of benzene rings is 1. The number of carbonyl (C=O) groups is 1. The fraction of sp³-hybridized carbons (Fsp3) is 0.182. The summed E-state index contributed by atoms with van der Waals surface area (Å²) in [7, 11) is -3.74. The number of hydrogen-bond donors (Lipinski definition) is 1. The van der Waals surface area contributed by atoms with E-state index in [2.05, 4.69) is 19.8 Å². The van der Waals surface area contributed by atoms with Crippen LogP contribution in [0.15, 0.2) is 81.0 Å². The van der Waals surface area contributed by atoms with Crippen LogP contribution in [0.25, 0.3) is 11.4 Å². The van der Waals surface area contributed by atoms with E-state index < -0.39 is 16.0 Å². The number of ether oxygens (including phenoxy) is 1. The van der Waals surface area contributed by atoms with Gasteiger partial charge in [-0.25, -0.2) is 17.9 Å². The monoisotopic (exact) mass is 468 g/mol. The Labute approximate surface area is 189 Å². The summed E-state index contributed by atoms with van der Waals surface area (Å²) in [4.78, 5) is 20.6. The molecule has 1 aromatic carbocycles. The molecule has 3 heterocycles. The van der Waals surface area contributed by atoms with E-state index in [1.165, 1.54) is 30.5 Å². The molecule has 4 aromatic rings. The third-order valence-corrected chi connectivity index (χ3v) is 5.99. The van der Waals surface area contributed by atoms with Gasteiger partial charge in [0.05, 0.1) is 29.9 Å². The quantitative estimate of drug-likeness (QED) is 0.275. The highest BCUT2D eigenvalue weighted by Crippen LogP contribution is 2.15. The normalized spacial score (nSPS) is 11.4. The average molecular weight is 468 g/mol. The number of nitrogens with zero attached hydrogens (tertiary/aromatic N) is 3. The molecule has 0 fully saturated rings. The number of rotatable bonds is 10. The molecule has 11 heteroatoms. The van der Waals surface area contributed by atoms with Gasteiger partial charge in [0, 0.05) is 24.4 Å². The molecule has 10 nitrogen and oxygen atoms in total. The van der Waals surface area contributed by atoms with Crippen molar-refractivity contribution in [1.29, 1.82) is 0 Å². The Hall–Kier alpha value is -3.83. The Balaban J connectivity index is 1.24. The predicted octanol–water partition coefficient (Wildman–Crippen LogP) is 2.99. The number of pyridine rings is 1. The van der Waals surface area contributed by atoms with Crippen molar-refractivity contribution in [3.63, 3.8) is 0 Å². The number of sulfonamides is 1. The minimum Gasteiger partial charge on any atom is -0.468 e. The number of hydrogen-bond acceptors (Lipinski definition) is 9. The summed E-state index contributed by atoms with van der Waals surface area (Å²) >= 11 is 0. The van der Waals surface area contributed by atoms with Gasteiger partial charge in [-0.15, -0.1) is 0 Å². The van der Waals surface area contributed by atoms with Gasteiger partial charge in [0.2, 0.25) is 21.7 Å². The number of aromatic nitrogens is 3. The van der Waals surface area contributed by atoms with Crippen molar-refractivity contribution in [3.8, 4) is 11.4 Å². The molecule has 0 atom stereocenters. The minimum absolute atomic E-state index is 0.0307. The van der Waals surface area contributed by atoms with Crippen LogP contribution in [-0.2, 0) is 27.7 Å². The Morgan fingerprint density at radius 1 is 1.09 bits per heavy atom. The van der Waals surface area contributed by atoms with Crippen LogP contribution in [0.1, 0.15) is 28.4 Å². The average Bonchev–Trinajstić information content (AvgIpc) is 3.53. The first-order chi connectivity index (χ1) is 16.0. The highest BCUT2D eigenvalue weighted by atomic mass is 32.2. The van der Waals surface area contributed by atoms with Crippen molar-refractivity contribution in [2.24, 2.45) is 0 Å². The van der Waals surface area contributed by atoms with Crippen LogP contribution in [0.2, 0.25) is 0 Å². The lowest BCUT2D eigenvalue weighted by molar-refractivity contribution is 0.0498. The van der Waals surface area contributed by atoms with Gasteiger partial charge in [-0.1, -0.05) is 5.16 Å². The first-order valence-corrected chi connectivity index (χ1v) is 11.5. The first kappa shape index (κ1) is 22.4. The van der Waals surface area contributed by atoms with Crippen molar-refractivity contribution in [1.82, 2.24) is 19.8 Å². The molecule has 0 unspecified atom stereocenters. The lowest BCUT2D eigenvalue weighted by Gasteiger charge is -2.07. The smallest absolute Gasteiger partial charge is 0.338 e. The van der Waals surface area contributed by atoms with Crippen LogP contribution >= 0.6 is 0 Å². The number of furan rings is 1. The maximum atomic E-state index is 12.4. The van der Waals surface area contributed by atoms with E-state index in [1.54, 1.807) is 30.6 Å². The fourth-order valence-electron chi connectivity index (χ4n) is 2.87. The summed E-state index contributed by atoms with van der Waals surface area (Å²) < 4.78 is 42.7. The Morgan fingerprint density at radius 3 is 2.67 bits per heavy atom. The molecule has 3 aromatic heterocycles. The molecule has 0 saturated carbocycles. The summed E-state index contributed by atoms with van der Waals surface area (Å²) in [6.07, 6.45) is 5.70. The van der Waals surface area contributed by atoms with Crippen molar-refractivity contribution in [3.05, 3.63) is 84.4 Å². The van der Waals surface area contributed by atoms with E-state index >= 15 is 0 Å². The maximum absolute atomic E-state index is 12.4. The van der Waals surface area contributed by atoms with E-state index in [0.29, 0.717) is 30.3 Å². The number of carbonyl (C=O) groups excluding carboxylic acids is 1. The van der Waals surface area contributed by atoms with Crippen molar-refractivity contribution >= 4 is 16.0 Å². The van der Waals surface area contributed by atoms with Gasteiger partial charge in [-0.3, -0.25) is 4.98 Å². The van der Waals surface area contributed by atoms with Crippen LogP contribution in [0.3, 0.4) is 0 Å². The van der Waals surface area contributed by atoms with Crippen molar-refractivity contribution in [2.45, 2.75) is 24.3 Å². The molecule has 4 rings (SSSR count). The first-order valence-electron chi connectivity index (χ1n) is 10.0. The molecule has 1 N–H and O–H groups in total. The van der Waals surface area contributed by atoms with Crippen LogP contribution in [-0.4, -0.2) is 36.1 Å². The van der Waals surface area contributed by atoms with E-state index in [-0.39, 0.29) is 23.6 Å². The Bertz CT molecular complexity index is 1290. The summed E-state index contributed by atoms with van der Waals surface area (Å²) in [5, 5.41) is 3.91. The number of esters is 1. The number of nitrogens with one attached hydrogen (secondary N) is 1. The van der Waals surface area contributed by atoms with Crippen molar-refractivity contribution in [2.75, 3.05) is 6.61 Å². The summed E-state index contributed by atoms with van der Waals surface area (Å²) in [5.41, 5.74) is 0.997. The largest absolute Gasteiger partial charge is 0.468 e. The molecular formula is C22H20N4O6S. The molecular weight excluding hydrogens is 448 g/mol. The molecule has 0 aliphatic carbocycles. The number of aryl methyl sites for hydroxylation is 1. The third-order valence-electron chi connectivity index (χ3n) is 4.57. The van der Waals surface area contributed by atoms with Gasteiger partial charge in [-0.05, 0) is 55.0 Å². The highest BCUT2D eigenvalue weighted by molar-refractivity contribution is 7.89. The van der Waals surface area contributed by atoms with Crippen LogP contribution in [0.4, 0.5) is 0 Å². The second-order valence-corrected chi connectivity index (χ2v) is 8.69. The summed E-state index contributed by atoms with van der Waals surface area (Å²) in [5.74, 6) is 0.821. The summed E-state index contributed by atoms with van der Waals surface area (Å²) in [6, 6.07) is 12.5. The maximum Gasteiger partial charge on any atom is 0.338 e. The molecule has 0 bridgehead atoms. The Morgan fingerprint density at radius 2 is 1.94 bits per heavy atom. The lowest BCUT2D eigenvalue weighted by atomic mass is 10.2. The van der Waals surface area contributed by atoms with Crippen LogP contribution in [0, 0.1) is 0 Å². The minimum atomic E-state index is -3.74. The van der Waals surface area contributed by atoms with Gasteiger partial charge in [0.15, 0.2) is 0 Å². The zero-order chi connectivity index (χ0) is 23.1. The van der Waals surface area contributed by atoms with E-state index in [0.717, 1.165) is 5.56 Å². The van der Waals surface area contributed by atoms with Gasteiger partial charge in [0.1, 0.15) is 5.76 Å². The van der Waals surface area contributed by atoms with Gasteiger partial charge in [-0.2, -0.15) is 4.98 Å². The van der Waals surface area contributed by atoms with E-state index in [4.69, 9.17) is 13.7 Å². The van der Waals surface area contributed by atoms with Gasteiger partial charge < -0.3 is 13.7 Å². The second-order valence-electron chi connectivity index (χ2n) is 6.92. The molecule has 0 radical (unpaired) electrons. The van der Waals surface area contributed by atoms with Crippen LogP contribution in [0.5, 0.6) is 0 Å². The molecule has 0 aliphatic rings. The lowest BCUT2D eigenvalue weighted by Crippen LogP contribution is -2.23. The molecule has 0 amide bonds. The van der Waals surface area contributed by atoms with Gasteiger partial charge >= 0.3 is 5.97 Å². The fourth-order valence-corrected chi connectivity index (χ4v) is 3.87.